The van der Waals surface area contributed by atoms with E-state index in [1.165, 1.54) is 5.56 Å². The van der Waals surface area contributed by atoms with Gasteiger partial charge < -0.3 is 5.11 Å². The molecule has 0 amide bonds. The molecule has 0 saturated heterocycles. The van der Waals surface area contributed by atoms with Crippen molar-refractivity contribution in [3.63, 3.8) is 0 Å². The van der Waals surface area contributed by atoms with E-state index in [0.717, 1.165) is 24.8 Å². The molecule has 0 radical (unpaired) electrons. The molecule has 0 aromatic heterocycles. The van der Waals surface area contributed by atoms with Crippen LogP contribution < -0.4 is 0 Å². The molecule has 14 heavy (non-hydrogen) atoms. The summed E-state index contributed by atoms with van der Waals surface area (Å²) < 4.78 is 0. The van der Waals surface area contributed by atoms with E-state index < -0.39 is 5.60 Å². The van der Waals surface area contributed by atoms with E-state index in [9.17, 15) is 5.11 Å². The lowest BCUT2D eigenvalue weighted by Crippen LogP contribution is -2.28. The van der Waals surface area contributed by atoms with Gasteiger partial charge in [-0.3, -0.25) is 0 Å². The van der Waals surface area contributed by atoms with Gasteiger partial charge in [0.1, 0.15) is 0 Å². The molecule has 0 spiro atoms. The summed E-state index contributed by atoms with van der Waals surface area (Å²) >= 11 is 0. The van der Waals surface area contributed by atoms with Crippen molar-refractivity contribution < 1.29 is 5.11 Å². The Kier molecular flexibility index (Phi) is 2.36. The van der Waals surface area contributed by atoms with Crippen molar-refractivity contribution in [2.45, 2.75) is 38.7 Å². The Morgan fingerprint density at radius 2 is 1.93 bits per heavy atom. The number of aryl methyl sites for hydroxylation is 1. The highest BCUT2D eigenvalue weighted by atomic mass is 16.3. The van der Waals surface area contributed by atoms with Gasteiger partial charge in [0, 0.05) is 0 Å². The van der Waals surface area contributed by atoms with Crippen LogP contribution in [0, 0.1) is 12.8 Å². The number of rotatable bonds is 1. The minimum absolute atomic E-state index is 0.394. The Morgan fingerprint density at radius 1 is 1.29 bits per heavy atom. The Balaban J connectivity index is 2.34. The van der Waals surface area contributed by atoms with Crippen LogP contribution in [0.2, 0.25) is 0 Å². The van der Waals surface area contributed by atoms with Crippen molar-refractivity contribution in [1.29, 1.82) is 0 Å². The maximum atomic E-state index is 10.5. The van der Waals surface area contributed by atoms with Gasteiger partial charge in [0.05, 0.1) is 5.60 Å². The molecule has 1 fully saturated rings. The molecule has 2 atom stereocenters. The fourth-order valence-corrected chi connectivity index (χ4v) is 2.43. The van der Waals surface area contributed by atoms with Crippen LogP contribution in [-0.2, 0) is 5.60 Å². The van der Waals surface area contributed by atoms with Crippen LogP contribution in [-0.4, -0.2) is 5.11 Å². The normalized spacial score (nSPS) is 32.1. The van der Waals surface area contributed by atoms with Crippen LogP contribution in [0.4, 0.5) is 0 Å². The average Bonchev–Trinajstić information content (AvgIpc) is 2.49. The molecule has 1 aliphatic carbocycles. The van der Waals surface area contributed by atoms with Crippen LogP contribution >= 0.6 is 0 Å². The molecule has 0 heterocycles. The van der Waals surface area contributed by atoms with Crippen molar-refractivity contribution in [2.24, 2.45) is 5.92 Å². The fraction of sp³-hybridized carbons (Fsp3) is 0.538. The zero-order valence-corrected chi connectivity index (χ0v) is 8.96. The third-order valence-electron chi connectivity index (χ3n) is 3.56. The molecule has 1 saturated carbocycles. The molecular formula is C13H18O. The summed E-state index contributed by atoms with van der Waals surface area (Å²) in [6.45, 7) is 4.22. The summed E-state index contributed by atoms with van der Waals surface area (Å²) in [5.41, 5.74) is 1.78. The maximum Gasteiger partial charge on any atom is 0.0921 e. The second-order valence-corrected chi connectivity index (χ2v) is 4.58. The molecular weight excluding hydrogens is 172 g/mol. The van der Waals surface area contributed by atoms with Gasteiger partial charge in [-0.25, -0.2) is 0 Å². The Hall–Kier alpha value is -0.820. The second-order valence-electron chi connectivity index (χ2n) is 4.58. The summed E-state index contributed by atoms with van der Waals surface area (Å²) in [4.78, 5) is 0. The van der Waals surface area contributed by atoms with E-state index in [-0.39, 0.29) is 0 Å². The van der Waals surface area contributed by atoms with Crippen LogP contribution in [0.1, 0.15) is 37.3 Å². The first-order valence-electron chi connectivity index (χ1n) is 5.42. The molecule has 1 aromatic carbocycles. The number of hydrogen-bond acceptors (Lipinski definition) is 1. The lowest BCUT2D eigenvalue weighted by atomic mass is 9.85. The van der Waals surface area contributed by atoms with E-state index in [1.54, 1.807) is 0 Å². The summed E-state index contributed by atoms with van der Waals surface area (Å²) in [7, 11) is 0. The van der Waals surface area contributed by atoms with Gasteiger partial charge in [0.2, 0.25) is 0 Å². The first-order chi connectivity index (χ1) is 6.63. The molecule has 1 aliphatic rings. The molecule has 0 unspecified atom stereocenters. The standard InChI is InChI=1S/C13H18O/c1-10-5-7-12(8-6-10)13(14)9-3-4-11(13)2/h5-8,11,14H,3-4,9H2,1-2H3/t11-,13-/m0/s1. The van der Waals surface area contributed by atoms with Gasteiger partial charge in [0.15, 0.2) is 0 Å². The van der Waals surface area contributed by atoms with Gasteiger partial charge >= 0.3 is 0 Å². The molecule has 1 N–H and O–H groups in total. The second kappa shape index (κ2) is 3.39. The summed E-state index contributed by atoms with van der Waals surface area (Å²) in [6.07, 6.45) is 3.20. The Morgan fingerprint density at radius 3 is 2.43 bits per heavy atom. The lowest BCUT2D eigenvalue weighted by molar-refractivity contribution is 0.00448. The highest BCUT2D eigenvalue weighted by Gasteiger charge is 2.39. The summed E-state index contributed by atoms with van der Waals surface area (Å²) in [5.74, 6) is 0.394. The molecule has 2 rings (SSSR count). The van der Waals surface area contributed by atoms with Gasteiger partial charge in [0.25, 0.3) is 0 Å². The number of hydrogen-bond donors (Lipinski definition) is 1. The van der Waals surface area contributed by atoms with Crippen molar-refractivity contribution in [3.05, 3.63) is 35.4 Å². The van der Waals surface area contributed by atoms with E-state index >= 15 is 0 Å². The van der Waals surface area contributed by atoms with E-state index in [2.05, 4.69) is 38.1 Å². The Bertz CT molecular complexity index is 315. The minimum Gasteiger partial charge on any atom is -0.385 e. The maximum absolute atomic E-state index is 10.5. The number of benzene rings is 1. The van der Waals surface area contributed by atoms with Crippen LogP contribution in [0.15, 0.2) is 24.3 Å². The summed E-state index contributed by atoms with van der Waals surface area (Å²) in [5, 5.41) is 10.5. The van der Waals surface area contributed by atoms with E-state index in [4.69, 9.17) is 0 Å². The first-order valence-corrected chi connectivity index (χ1v) is 5.42. The zero-order valence-electron chi connectivity index (χ0n) is 8.96. The highest BCUT2D eigenvalue weighted by molar-refractivity contribution is 5.27. The van der Waals surface area contributed by atoms with Crippen LogP contribution in [0.25, 0.3) is 0 Å². The molecule has 0 bridgehead atoms. The van der Waals surface area contributed by atoms with Gasteiger partial charge in [-0.05, 0) is 37.7 Å². The molecule has 0 aliphatic heterocycles. The van der Waals surface area contributed by atoms with Gasteiger partial charge in [-0.15, -0.1) is 0 Å². The predicted molar refractivity (Wildman–Crippen MR) is 58.1 cm³/mol. The fourth-order valence-electron chi connectivity index (χ4n) is 2.43. The minimum atomic E-state index is -0.562. The largest absolute Gasteiger partial charge is 0.385 e. The monoisotopic (exact) mass is 190 g/mol. The van der Waals surface area contributed by atoms with Crippen molar-refractivity contribution in [1.82, 2.24) is 0 Å². The average molecular weight is 190 g/mol. The first kappa shape index (κ1) is 9.72. The van der Waals surface area contributed by atoms with Gasteiger partial charge in [-0.2, -0.15) is 0 Å². The summed E-state index contributed by atoms with van der Waals surface area (Å²) in [6, 6.07) is 8.30. The van der Waals surface area contributed by atoms with Crippen molar-refractivity contribution in [2.75, 3.05) is 0 Å². The highest BCUT2D eigenvalue weighted by Crippen LogP contribution is 2.43. The molecule has 1 nitrogen and oxygen atoms in total. The molecule has 1 aromatic rings. The van der Waals surface area contributed by atoms with Crippen molar-refractivity contribution in [3.8, 4) is 0 Å². The third-order valence-corrected chi connectivity index (χ3v) is 3.56. The van der Waals surface area contributed by atoms with Gasteiger partial charge in [-0.1, -0.05) is 36.8 Å². The number of aliphatic hydroxyl groups is 1. The van der Waals surface area contributed by atoms with E-state index in [0.29, 0.717) is 5.92 Å². The van der Waals surface area contributed by atoms with Crippen LogP contribution in [0.5, 0.6) is 0 Å². The quantitative estimate of drug-likeness (QED) is 0.721. The Labute approximate surface area is 85.8 Å². The SMILES string of the molecule is Cc1ccc([C@]2(O)CCC[C@@H]2C)cc1. The lowest BCUT2D eigenvalue weighted by Gasteiger charge is -2.28. The zero-order chi connectivity index (χ0) is 10.2. The van der Waals surface area contributed by atoms with E-state index in [1.807, 2.05) is 0 Å². The third kappa shape index (κ3) is 1.46. The van der Waals surface area contributed by atoms with Crippen LogP contribution in [0.3, 0.4) is 0 Å². The molecule has 1 heteroatoms. The van der Waals surface area contributed by atoms with Crippen molar-refractivity contribution >= 4 is 0 Å². The molecule has 76 valence electrons. The topological polar surface area (TPSA) is 20.2 Å². The smallest absolute Gasteiger partial charge is 0.0921 e. The predicted octanol–water partition coefficient (Wildman–Crippen LogP) is 3.00.